The lowest BCUT2D eigenvalue weighted by Crippen LogP contribution is -2.16. The first kappa shape index (κ1) is 13.8. The van der Waals surface area contributed by atoms with Gasteiger partial charge >= 0.3 is 0 Å². The molecule has 1 atom stereocenters. The van der Waals surface area contributed by atoms with Crippen molar-refractivity contribution in [2.45, 2.75) is 24.8 Å². The van der Waals surface area contributed by atoms with Crippen molar-refractivity contribution in [3.8, 4) is 0 Å². The van der Waals surface area contributed by atoms with Crippen LogP contribution < -0.4 is 5.73 Å². The summed E-state index contributed by atoms with van der Waals surface area (Å²) < 4.78 is 0. The first-order valence-corrected chi connectivity index (χ1v) is 5.77. The molecule has 0 amide bonds. The highest BCUT2D eigenvalue weighted by atomic mass is 35.5. The van der Waals surface area contributed by atoms with E-state index in [1.165, 1.54) is 10.5 Å². The molecule has 0 bridgehead atoms. The van der Waals surface area contributed by atoms with Gasteiger partial charge in [-0.05, 0) is 29.9 Å². The molecule has 3 heteroatoms. The summed E-state index contributed by atoms with van der Waals surface area (Å²) in [6.45, 7) is 4.29. The predicted octanol–water partition coefficient (Wildman–Crippen LogP) is 3.49. The Hall–Kier alpha value is -0.180. The SMILES string of the molecule is CSc1ccc(C(N)C(C)C)cc1.Cl. The number of benzene rings is 1. The van der Waals surface area contributed by atoms with Crippen LogP contribution >= 0.6 is 24.2 Å². The molecule has 0 radical (unpaired) electrons. The molecule has 1 aromatic rings. The Morgan fingerprint density at radius 2 is 1.64 bits per heavy atom. The van der Waals surface area contributed by atoms with Crippen molar-refractivity contribution >= 4 is 24.2 Å². The standard InChI is InChI=1S/C11H17NS.ClH/c1-8(2)11(12)9-4-6-10(13-3)7-5-9;/h4-8,11H,12H2,1-3H3;1H. The molecule has 1 unspecified atom stereocenters. The van der Waals surface area contributed by atoms with Crippen LogP contribution in [0.3, 0.4) is 0 Å². The van der Waals surface area contributed by atoms with E-state index < -0.39 is 0 Å². The van der Waals surface area contributed by atoms with Gasteiger partial charge in [-0.3, -0.25) is 0 Å². The number of rotatable bonds is 3. The Morgan fingerprint density at radius 3 is 2.00 bits per heavy atom. The average Bonchev–Trinajstić information content (AvgIpc) is 2.17. The van der Waals surface area contributed by atoms with E-state index in [2.05, 4.69) is 44.4 Å². The van der Waals surface area contributed by atoms with Gasteiger partial charge in [0.2, 0.25) is 0 Å². The minimum absolute atomic E-state index is 0. The zero-order chi connectivity index (χ0) is 9.84. The number of hydrogen-bond acceptors (Lipinski definition) is 2. The van der Waals surface area contributed by atoms with E-state index in [-0.39, 0.29) is 18.4 Å². The third-order valence-corrected chi connectivity index (χ3v) is 2.96. The van der Waals surface area contributed by atoms with Gasteiger partial charge in [-0.15, -0.1) is 24.2 Å². The van der Waals surface area contributed by atoms with Crippen molar-refractivity contribution in [3.63, 3.8) is 0 Å². The molecule has 0 saturated heterocycles. The molecule has 1 aromatic carbocycles. The monoisotopic (exact) mass is 231 g/mol. The van der Waals surface area contributed by atoms with E-state index in [1.807, 2.05) is 0 Å². The van der Waals surface area contributed by atoms with Crippen LogP contribution in [0.2, 0.25) is 0 Å². The summed E-state index contributed by atoms with van der Waals surface area (Å²) >= 11 is 1.76. The Balaban J connectivity index is 0.00000169. The molecule has 2 N–H and O–H groups in total. The van der Waals surface area contributed by atoms with Gasteiger partial charge in [0, 0.05) is 10.9 Å². The Labute approximate surface area is 96.9 Å². The maximum absolute atomic E-state index is 6.02. The van der Waals surface area contributed by atoms with E-state index in [0.29, 0.717) is 5.92 Å². The van der Waals surface area contributed by atoms with Crippen LogP contribution in [0.1, 0.15) is 25.5 Å². The van der Waals surface area contributed by atoms with Crippen LogP contribution in [0.15, 0.2) is 29.2 Å². The fourth-order valence-electron chi connectivity index (χ4n) is 1.21. The van der Waals surface area contributed by atoms with Gasteiger partial charge in [0.05, 0.1) is 0 Å². The minimum Gasteiger partial charge on any atom is -0.324 e. The van der Waals surface area contributed by atoms with E-state index in [0.717, 1.165) is 0 Å². The topological polar surface area (TPSA) is 26.0 Å². The van der Waals surface area contributed by atoms with Gasteiger partial charge in [0.1, 0.15) is 0 Å². The molecule has 1 nitrogen and oxygen atoms in total. The molecule has 0 heterocycles. The maximum atomic E-state index is 6.02. The molecule has 1 rings (SSSR count). The third kappa shape index (κ3) is 3.52. The largest absolute Gasteiger partial charge is 0.324 e. The van der Waals surface area contributed by atoms with Gasteiger partial charge in [-0.25, -0.2) is 0 Å². The van der Waals surface area contributed by atoms with Crippen molar-refractivity contribution in [3.05, 3.63) is 29.8 Å². The van der Waals surface area contributed by atoms with Gasteiger partial charge in [0.15, 0.2) is 0 Å². The van der Waals surface area contributed by atoms with Crippen molar-refractivity contribution in [2.75, 3.05) is 6.26 Å². The quantitative estimate of drug-likeness (QED) is 0.807. The smallest absolute Gasteiger partial charge is 0.0318 e. The number of hydrogen-bond donors (Lipinski definition) is 1. The number of nitrogens with two attached hydrogens (primary N) is 1. The second kappa shape index (κ2) is 6.33. The van der Waals surface area contributed by atoms with E-state index in [4.69, 9.17) is 5.73 Å². The molecule has 0 fully saturated rings. The Bertz CT molecular complexity index is 258. The maximum Gasteiger partial charge on any atom is 0.0318 e. The normalized spacial score (nSPS) is 12.4. The minimum atomic E-state index is 0. The van der Waals surface area contributed by atoms with E-state index in [1.54, 1.807) is 11.8 Å². The predicted molar refractivity (Wildman–Crippen MR) is 67.2 cm³/mol. The summed E-state index contributed by atoms with van der Waals surface area (Å²) in [7, 11) is 0. The summed E-state index contributed by atoms with van der Waals surface area (Å²) in [5.74, 6) is 0.500. The first-order valence-electron chi connectivity index (χ1n) is 4.54. The van der Waals surface area contributed by atoms with Gasteiger partial charge in [-0.1, -0.05) is 26.0 Å². The van der Waals surface area contributed by atoms with Crippen LogP contribution in [0.5, 0.6) is 0 Å². The first-order chi connectivity index (χ1) is 6.15. The molecule has 0 aliphatic carbocycles. The highest BCUT2D eigenvalue weighted by Gasteiger charge is 2.09. The van der Waals surface area contributed by atoms with Gasteiger partial charge in [0.25, 0.3) is 0 Å². The van der Waals surface area contributed by atoms with Crippen LogP contribution in [-0.4, -0.2) is 6.26 Å². The molecule has 0 aliphatic rings. The fraction of sp³-hybridized carbons (Fsp3) is 0.455. The van der Waals surface area contributed by atoms with Crippen molar-refractivity contribution in [2.24, 2.45) is 11.7 Å². The van der Waals surface area contributed by atoms with Crippen molar-refractivity contribution in [1.82, 2.24) is 0 Å². The van der Waals surface area contributed by atoms with Gasteiger partial charge in [-0.2, -0.15) is 0 Å². The summed E-state index contributed by atoms with van der Waals surface area (Å²) in [5, 5.41) is 0. The second-order valence-corrected chi connectivity index (χ2v) is 4.42. The van der Waals surface area contributed by atoms with E-state index >= 15 is 0 Å². The zero-order valence-electron chi connectivity index (χ0n) is 8.86. The molecule has 0 spiro atoms. The van der Waals surface area contributed by atoms with Crippen LogP contribution in [0, 0.1) is 5.92 Å². The molecule has 0 aromatic heterocycles. The summed E-state index contributed by atoms with van der Waals surface area (Å²) in [6.07, 6.45) is 2.08. The average molecular weight is 232 g/mol. The Kier molecular flexibility index (Phi) is 6.25. The molecule has 0 saturated carbocycles. The van der Waals surface area contributed by atoms with Crippen molar-refractivity contribution < 1.29 is 0 Å². The fourth-order valence-corrected chi connectivity index (χ4v) is 1.62. The number of thioether (sulfide) groups is 1. The number of halogens is 1. The third-order valence-electron chi connectivity index (χ3n) is 2.22. The zero-order valence-corrected chi connectivity index (χ0v) is 10.5. The van der Waals surface area contributed by atoms with Crippen molar-refractivity contribution in [1.29, 1.82) is 0 Å². The lowest BCUT2D eigenvalue weighted by atomic mass is 9.97. The Morgan fingerprint density at radius 1 is 1.14 bits per heavy atom. The highest BCUT2D eigenvalue weighted by molar-refractivity contribution is 7.98. The molecule has 80 valence electrons. The summed E-state index contributed by atoms with van der Waals surface area (Å²) in [5.41, 5.74) is 7.25. The molecular weight excluding hydrogens is 214 g/mol. The lowest BCUT2D eigenvalue weighted by molar-refractivity contribution is 0.514. The highest BCUT2D eigenvalue weighted by Crippen LogP contribution is 2.21. The van der Waals surface area contributed by atoms with Gasteiger partial charge < -0.3 is 5.73 Å². The van der Waals surface area contributed by atoms with Crippen LogP contribution in [0.25, 0.3) is 0 Å². The summed E-state index contributed by atoms with van der Waals surface area (Å²) in [4.78, 5) is 1.29. The molecule has 14 heavy (non-hydrogen) atoms. The van der Waals surface area contributed by atoms with Crippen LogP contribution in [0.4, 0.5) is 0 Å². The second-order valence-electron chi connectivity index (χ2n) is 3.54. The molecular formula is C11H18ClNS. The van der Waals surface area contributed by atoms with Crippen LogP contribution in [-0.2, 0) is 0 Å². The van der Waals surface area contributed by atoms with E-state index in [9.17, 15) is 0 Å². The summed E-state index contributed by atoms with van der Waals surface area (Å²) in [6, 6.07) is 8.66. The lowest BCUT2D eigenvalue weighted by Gasteiger charge is -2.15. The molecule has 0 aliphatic heterocycles.